The molecule has 0 saturated heterocycles. The summed E-state index contributed by atoms with van der Waals surface area (Å²) in [4.78, 5) is 0.641. The zero-order valence-electron chi connectivity index (χ0n) is 8.15. The molecule has 2 aromatic rings. The van der Waals surface area contributed by atoms with Gasteiger partial charge in [-0.05, 0) is 30.3 Å². The standard InChI is InChI=1S/C11H9ClFNOS/c12-10-4-3-9(16-10)11(15)7-5-6(13)1-2-8(7)14/h1-5,11,15H,14H2. The number of halogens is 2. The SMILES string of the molecule is Nc1ccc(F)cc1C(O)c1ccc(Cl)s1. The highest BCUT2D eigenvalue weighted by Gasteiger charge is 2.16. The molecule has 1 atom stereocenters. The van der Waals surface area contributed by atoms with Gasteiger partial charge < -0.3 is 10.8 Å². The quantitative estimate of drug-likeness (QED) is 0.812. The molecule has 84 valence electrons. The van der Waals surface area contributed by atoms with Gasteiger partial charge in [0.2, 0.25) is 0 Å². The van der Waals surface area contributed by atoms with Crippen molar-refractivity contribution in [2.45, 2.75) is 6.10 Å². The van der Waals surface area contributed by atoms with Gasteiger partial charge in [-0.2, -0.15) is 0 Å². The molecule has 0 aliphatic rings. The van der Waals surface area contributed by atoms with E-state index in [9.17, 15) is 9.50 Å². The summed E-state index contributed by atoms with van der Waals surface area (Å²) in [6, 6.07) is 7.30. The number of rotatable bonds is 2. The molecule has 1 heterocycles. The lowest BCUT2D eigenvalue weighted by molar-refractivity contribution is 0.224. The Morgan fingerprint density at radius 1 is 1.31 bits per heavy atom. The molecule has 0 aliphatic heterocycles. The summed E-state index contributed by atoms with van der Waals surface area (Å²) in [5.41, 5.74) is 6.40. The van der Waals surface area contributed by atoms with Gasteiger partial charge in [0, 0.05) is 16.1 Å². The first-order valence-electron chi connectivity index (χ1n) is 4.56. The molecule has 0 bridgehead atoms. The van der Waals surface area contributed by atoms with Gasteiger partial charge in [-0.3, -0.25) is 0 Å². The highest BCUT2D eigenvalue weighted by atomic mass is 35.5. The van der Waals surface area contributed by atoms with Crippen molar-refractivity contribution >= 4 is 28.6 Å². The maximum Gasteiger partial charge on any atom is 0.123 e. The van der Waals surface area contributed by atoms with Gasteiger partial charge in [-0.1, -0.05) is 11.6 Å². The largest absolute Gasteiger partial charge is 0.398 e. The van der Waals surface area contributed by atoms with E-state index in [-0.39, 0.29) is 0 Å². The zero-order valence-corrected chi connectivity index (χ0v) is 9.73. The summed E-state index contributed by atoms with van der Waals surface area (Å²) in [6.45, 7) is 0. The highest BCUT2D eigenvalue weighted by molar-refractivity contribution is 7.16. The molecule has 1 aromatic carbocycles. The number of benzene rings is 1. The fourth-order valence-electron chi connectivity index (χ4n) is 1.41. The minimum atomic E-state index is -0.937. The van der Waals surface area contributed by atoms with Gasteiger partial charge in [0.05, 0.1) is 4.34 Å². The van der Waals surface area contributed by atoms with E-state index in [4.69, 9.17) is 17.3 Å². The molecule has 0 fully saturated rings. The molecule has 0 aliphatic carbocycles. The second-order valence-corrected chi connectivity index (χ2v) is 5.06. The third kappa shape index (κ3) is 2.19. The molecule has 0 amide bonds. The lowest BCUT2D eigenvalue weighted by atomic mass is 10.1. The monoisotopic (exact) mass is 257 g/mol. The molecule has 16 heavy (non-hydrogen) atoms. The van der Waals surface area contributed by atoms with Crippen molar-refractivity contribution in [1.82, 2.24) is 0 Å². The minimum Gasteiger partial charge on any atom is -0.398 e. The maximum atomic E-state index is 13.0. The van der Waals surface area contributed by atoms with Crippen molar-refractivity contribution in [3.63, 3.8) is 0 Å². The number of nitrogen functional groups attached to an aromatic ring is 1. The van der Waals surface area contributed by atoms with E-state index in [0.29, 0.717) is 20.5 Å². The van der Waals surface area contributed by atoms with E-state index in [1.165, 1.54) is 29.5 Å². The topological polar surface area (TPSA) is 46.2 Å². The van der Waals surface area contributed by atoms with E-state index in [1.807, 2.05) is 0 Å². The van der Waals surface area contributed by atoms with Crippen LogP contribution in [0.1, 0.15) is 16.5 Å². The number of hydrogen-bond donors (Lipinski definition) is 2. The third-order valence-corrected chi connectivity index (χ3v) is 3.49. The molecule has 2 rings (SSSR count). The Bertz CT molecular complexity index is 514. The first-order valence-corrected chi connectivity index (χ1v) is 5.75. The Balaban J connectivity index is 2.40. The molecular formula is C11H9ClFNOS. The highest BCUT2D eigenvalue weighted by Crippen LogP contribution is 2.33. The number of anilines is 1. The number of thiophene rings is 1. The van der Waals surface area contributed by atoms with Gasteiger partial charge in [-0.25, -0.2) is 4.39 Å². The molecule has 1 aromatic heterocycles. The lowest BCUT2D eigenvalue weighted by Crippen LogP contribution is -2.02. The predicted octanol–water partition coefficient (Wildman–Crippen LogP) is 3.20. The van der Waals surface area contributed by atoms with Crippen LogP contribution in [0.5, 0.6) is 0 Å². The van der Waals surface area contributed by atoms with Gasteiger partial charge in [0.1, 0.15) is 11.9 Å². The van der Waals surface area contributed by atoms with Crippen LogP contribution in [0.4, 0.5) is 10.1 Å². The first kappa shape index (κ1) is 11.4. The summed E-state index contributed by atoms with van der Waals surface area (Å²) >= 11 is 7.01. The number of aliphatic hydroxyl groups excluding tert-OH is 1. The zero-order chi connectivity index (χ0) is 11.7. The molecule has 1 unspecified atom stereocenters. The van der Waals surface area contributed by atoms with Crippen molar-refractivity contribution in [2.24, 2.45) is 0 Å². The molecule has 3 N–H and O–H groups in total. The van der Waals surface area contributed by atoms with Crippen LogP contribution in [0.3, 0.4) is 0 Å². The predicted molar refractivity (Wildman–Crippen MR) is 64.2 cm³/mol. The summed E-state index contributed by atoms with van der Waals surface area (Å²) in [5, 5.41) is 10.0. The van der Waals surface area contributed by atoms with Crippen molar-refractivity contribution in [1.29, 1.82) is 0 Å². The smallest absolute Gasteiger partial charge is 0.123 e. The molecule has 0 spiro atoms. The Morgan fingerprint density at radius 3 is 2.69 bits per heavy atom. The Morgan fingerprint density at radius 2 is 2.06 bits per heavy atom. The van der Waals surface area contributed by atoms with Crippen LogP contribution in [0.25, 0.3) is 0 Å². The number of aliphatic hydroxyl groups is 1. The number of nitrogens with two attached hydrogens (primary N) is 1. The van der Waals surface area contributed by atoms with Crippen LogP contribution in [0.15, 0.2) is 30.3 Å². The first-order chi connectivity index (χ1) is 7.58. The molecule has 0 radical (unpaired) electrons. The second-order valence-electron chi connectivity index (χ2n) is 3.32. The van der Waals surface area contributed by atoms with Crippen molar-refractivity contribution in [3.05, 3.63) is 50.9 Å². The van der Waals surface area contributed by atoms with Gasteiger partial charge in [0.15, 0.2) is 0 Å². The van der Waals surface area contributed by atoms with E-state index in [0.717, 1.165) is 0 Å². The van der Waals surface area contributed by atoms with Gasteiger partial charge >= 0.3 is 0 Å². The summed E-state index contributed by atoms with van der Waals surface area (Å²) in [7, 11) is 0. The van der Waals surface area contributed by atoms with Crippen LogP contribution in [-0.4, -0.2) is 5.11 Å². The molecule has 2 nitrogen and oxygen atoms in total. The van der Waals surface area contributed by atoms with E-state index in [1.54, 1.807) is 12.1 Å². The molecule has 0 saturated carbocycles. The second kappa shape index (κ2) is 4.41. The summed E-state index contributed by atoms with van der Waals surface area (Å²) in [6.07, 6.45) is -0.937. The Hall–Kier alpha value is -1.10. The van der Waals surface area contributed by atoms with Crippen LogP contribution >= 0.6 is 22.9 Å². The normalized spacial score (nSPS) is 12.7. The average Bonchev–Trinajstić information content (AvgIpc) is 2.67. The molecular weight excluding hydrogens is 249 g/mol. The van der Waals surface area contributed by atoms with Crippen molar-refractivity contribution in [2.75, 3.05) is 5.73 Å². The maximum absolute atomic E-state index is 13.0. The van der Waals surface area contributed by atoms with E-state index < -0.39 is 11.9 Å². The fraction of sp³-hybridized carbons (Fsp3) is 0.0909. The van der Waals surface area contributed by atoms with Crippen molar-refractivity contribution < 1.29 is 9.50 Å². The average molecular weight is 258 g/mol. The third-order valence-electron chi connectivity index (χ3n) is 2.21. The number of hydrogen-bond acceptors (Lipinski definition) is 3. The summed E-state index contributed by atoms with van der Waals surface area (Å²) in [5.74, 6) is -0.425. The Kier molecular flexibility index (Phi) is 3.14. The molecule has 5 heteroatoms. The minimum absolute atomic E-state index is 0.360. The fourth-order valence-corrected chi connectivity index (χ4v) is 2.48. The summed E-state index contributed by atoms with van der Waals surface area (Å²) < 4.78 is 13.6. The van der Waals surface area contributed by atoms with E-state index >= 15 is 0 Å². The lowest BCUT2D eigenvalue weighted by Gasteiger charge is -2.11. The van der Waals surface area contributed by atoms with E-state index in [2.05, 4.69) is 0 Å². The van der Waals surface area contributed by atoms with Crippen LogP contribution < -0.4 is 5.73 Å². The van der Waals surface area contributed by atoms with Crippen LogP contribution in [0.2, 0.25) is 4.34 Å². The van der Waals surface area contributed by atoms with Crippen molar-refractivity contribution in [3.8, 4) is 0 Å². The van der Waals surface area contributed by atoms with Gasteiger partial charge in [-0.15, -0.1) is 11.3 Å². The van der Waals surface area contributed by atoms with Crippen LogP contribution in [-0.2, 0) is 0 Å². The Labute approximate surface area is 101 Å². The van der Waals surface area contributed by atoms with Crippen LogP contribution in [0, 0.1) is 5.82 Å². The van der Waals surface area contributed by atoms with Gasteiger partial charge in [0.25, 0.3) is 0 Å².